The number of piperidine rings is 1. The van der Waals surface area contributed by atoms with E-state index in [-0.39, 0.29) is 11.3 Å². The molecule has 0 radical (unpaired) electrons. The first-order chi connectivity index (χ1) is 8.04. The Balaban J connectivity index is 2.02. The number of carbonyl (C=O) groups excluding carboxylic acids is 1. The Kier molecular flexibility index (Phi) is 3.55. The van der Waals surface area contributed by atoms with Gasteiger partial charge in [-0.3, -0.25) is 4.79 Å². The molecule has 3 nitrogen and oxygen atoms in total. The van der Waals surface area contributed by atoms with E-state index in [1.54, 1.807) is 0 Å². The van der Waals surface area contributed by atoms with E-state index >= 15 is 0 Å². The Morgan fingerprint density at radius 2 is 2.18 bits per heavy atom. The van der Waals surface area contributed by atoms with Crippen LogP contribution in [0.5, 0.6) is 0 Å². The van der Waals surface area contributed by atoms with Crippen molar-refractivity contribution in [3.8, 4) is 6.07 Å². The van der Waals surface area contributed by atoms with Gasteiger partial charge in [-0.1, -0.05) is 0 Å². The van der Waals surface area contributed by atoms with E-state index in [9.17, 15) is 4.79 Å². The minimum Gasteiger partial charge on any atom is -0.338 e. The van der Waals surface area contributed by atoms with Crippen molar-refractivity contribution in [2.75, 3.05) is 13.1 Å². The molecule has 0 spiro atoms. The topological polar surface area (TPSA) is 44.1 Å². The van der Waals surface area contributed by atoms with Gasteiger partial charge in [0.1, 0.15) is 0 Å². The summed E-state index contributed by atoms with van der Waals surface area (Å²) in [6, 6.07) is 6.07. The second-order valence-electron chi connectivity index (χ2n) is 4.57. The van der Waals surface area contributed by atoms with Gasteiger partial charge in [0.25, 0.3) is 5.91 Å². The molecule has 17 heavy (non-hydrogen) atoms. The first-order valence-electron chi connectivity index (χ1n) is 5.50. The van der Waals surface area contributed by atoms with Crippen molar-refractivity contribution in [3.05, 3.63) is 20.8 Å². The molecule has 0 saturated carbocycles. The van der Waals surface area contributed by atoms with Crippen molar-refractivity contribution >= 4 is 33.2 Å². The van der Waals surface area contributed by atoms with Gasteiger partial charge in [0.05, 0.1) is 20.1 Å². The molecule has 1 aromatic heterocycles. The van der Waals surface area contributed by atoms with E-state index < -0.39 is 0 Å². The highest BCUT2D eigenvalue weighted by molar-refractivity contribution is 9.11. The van der Waals surface area contributed by atoms with Crippen molar-refractivity contribution in [1.29, 1.82) is 5.26 Å². The lowest BCUT2D eigenvalue weighted by atomic mass is 9.82. The highest BCUT2D eigenvalue weighted by Crippen LogP contribution is 2.31. The quantitative estimate of drug-likeness (QED) is 0.798. The average molecular weight is 313 g/mol. The van der Waals surface area contributed by atoms with Gasteiger partial charge in [-0.2, -0.15) is 5.26 Å². The minimum atomic E-state index is -0.257. The highest BCUT2D eigenvalue weighted by atomic mass is 79.9. The number of hydrogen-bond donors (Lipinski definition) is 0. The molecule has 1 aliphatic rings. The number of thiophene rings is 1. The molecule has 1 aromatic rings. The molecule has 5 heteroatoms. The van der Waals surface area contributed by atoms with Crippen LogP contribution in [0, 0.1) is 16.7 Å². The highest BCUT2D eigenvalue weighted by Gasteiger charge is 2.32. The minimum absolute atomic E-state index is 0.0840. The summed E-state index contributed by atoms with van der Waals surface area (Å²) in [4.78, 5) is 14.8. The maximum Gasteiger partial charge on any atom is 0.263 e. The molecule has 2 heterocycles. The number of nitrogens with zero attached hydrogens (tertiary/aromatic N) is 2. The summed E-state index contributed by atoms with van der Waals surface area (Å²) in [6.07, 6.45) is 1.53. The van der Waals surface area contributed by atoms with Crippen LogP contribution in [0.15, 0.2) is 15.9 Å². The molecular formula is C12H13BrN2OS. The normalized spacial score (nSPS) is 18.8. The second-order valence-corrected chi connectivity index (χ2v) is 7.03. The molecule has 0 atom stereocenters. The summed E-state index contributed by atoms with van der Waals surface area (Å²) in [5, 5.41) is 9.04. The van der Waals surface area contributed by atoms with E-state index in [2.05, 4.69) is 22.0 Å². The Morgan fingerprint density at radius 3 is 2.65 bits per heavy atom. The predicted octanol–water partition coefficient (Wildman–Crippen LogP) is 3.28. The maximum absolute atomic E-state index is 12.1. The van der Waals surface area contributed by atoms with Crippen LogP contribution in [0.3, 0.4) is 0 Å². The second kappa shape index (κ2) is 4.79. The zero-order valence-corrected chi connectivity index (χ0v) is 12.0. The van der Waals surface area contributed by atoms with Crippen LogP contribution in [-0.2, 0) is 0 Å². The van der Waals surface area contributed by atoms with Crippen LogP contribution in [0.1, 0.15) is 29.4 Å². The molecule has 0 aromatic carbocycles. The van der Waals surface area contributed by atoms with Crippen molar-refractivity contribution in [2.24, 2.45) is 5.41 Å². The molecule has 1 saturated heterocycles. The summed E-state index contributed by atoms with van der Waals surface area (Å²) in [7, 11) is 0. The van der Waals surface area contributed by atoms with E-state index in [1.807, 2.05) is 24.0 Å². The zero-order valence-electron chi connectivity index (χ0n) is 9.57. The lowest BCUT2D eigenvalue weighted by molar-refractivity contribution is 0.0666. The predicted molar refractivity (Wildman–Crippen MR) is 70.9 cm³/mol. The first-order valence-corrected chi connectivity index (χ1v) is 7.11. The number of likely N-dealkylation sites (tertiary alicyclic amines) is 1. The number of halogens is 1. The van der Waals surface area contributed by atoms with Gasteiger partial charge in [-0.25, -0.2) is 0 Å². The Labute approximate surface area is 113 Å². The van der Waals surface area contributed by atoms with Crippen molar-refractivity contribution in [1.82, 2.24) is 4.90 Å². The molecule has 90 valence electrons. The smallest absolute Gasteiger partial charge is 0.263 e. The monoisotopic (exact) mass is 312 g/mol. The van der Waals surface area contributed by atoms with Gasteiger partial charge in [0.15, 0.2) is 0 Å². The lowest BCUT2D eigenvalue weighted by Crippen LogP contribution is -2.41. The largest absolute Gasteiger partial charge is 0.338 e. The summed E-state index contributed by atoms with van der Waals surface area (Å²) in [5.74, 6) is 0.0840. The van der Waals surface area contributed by atoms with Gasteiger partial charge in [0.2, 0.25) is 0 Å². The summed E-state index contributed by atoms with van der Waals surface area (Å²) in [6.45, 7) is 3.33. The number of amides is 1. The van der Waals surface area contributed by atoms with Crippen LogP contribution < -0.4 is 0 Å². The zero-order chi connectivity index (χ0) is 12.5. The third kappa shape index (κ3) is 2.70. The molecular weight excluding hydrogens is 300 g/mol. The van der Waals surface area contributed by atoms with Crippen LogP contribution in [0.2, 0.25) is 0 Å². The summed E-state index contributed by atoms with van der Waals surface area (Å²) >= 11 is 4.81. The molecule has 0 N–H and O–H groups in total. The van der Waals surface area contributed by atoms with Crippen LogP contribution in [-0.4, -0.2) is 23.9 Å². The van der Waals surface area contributed by atoms with Crippen LogP contribution in [0.25, 0.3) is 0 Å². The summed E-state index contributed by atoms with van der Waals surface area (Å²) in [5.41, 5.74) is -0.257. The fourth-order valence-electron chi connectivity index (χ4n) is 1.90. The molecule has 1 fully saturated rings. The fourth-order valence-corrected chi connectivity index (χ4v) is 3.25. The van der Waals surface area contributed by atoms with Crippen LogP contribution >= 0.6 is 27.3 Å². The van der Waals surface area contributed by atoms with Gasteiger partial charge in [-0.05, 0) is 47.8 Å². The number of carbonyl (C=O) groups is 1. The van der Waals surface area contributed by atoms with E-state index in [0.29, 0.717) is 13.1 Å². The number of nitriles is 1. The standard InChI is InChI=1S/C12H13BrN2OS/c1-12(8-14)4-6-15(7-5-12)11(16)9-2-3-10(13)17-9/h2-3H,4-7H2,1H3. The van der Waals surface area contributed by atoms with E-state index in [4.69, 9.17) is 5.26 Å². The number of rotatable bonds is 1. The Bertz CT molecular complexity index is 469. The van der Waals surface area contributed by atoms with Gasteiger partial charge >= 0.3 is 0 Å². The SMILES string of the molecule is CC1(C#N)CCN(C(=O)c2ccc(Br)s2)CC1. The van der Waals surface area contributed by atoms with Gasteiger partial charge in [0, 0.05) is 13.1 Å². The van der Waals surface area contributed by atoms with E-state index in [1.165, 1.54) is 11.3 Å². The Hall–Kier alpha value is -0.860. The molecule has 0 bridgehead atoms. The maximum atomic E-state index is 12.1. The first kappa shape index (κ1) is 12.6. The molecule has 1 aliphatic heterocycles. The molecule has 0 aliphatic carbocycles. The number of hydrogen-bond acceptors (Lipinski definition) is 3. The van der Waals surface area contributed by atoms with Crippen molar-refractivity contribution in [3.63, 3.8) is 0 Å². The lowest BCUT2D eigenvalue weighted by Gasteiger charge is -2.34. The van der Waals surface area contributed by atoms with Crippen molar-refractivity contribution < 1.29 is 4.79 Å². The summed E-state index contributed by atoms with van der Waals surface area (Å²) < 4.78 is 0.972. The van der Waals surface area contributed by atoms with E-state index in [0.717, 1.165) is 21.5 Å². The van der Waals surface area contributed by atoms with Gasteiger partial charge in [-0.15, -0.1) is 11.3 Å². The Morgan fingerprint density at radius 1 is 1.53 bits per heavy atom. The van der Waals surface area contributed by atoms with Crippen molar-refractivity contribution in [2.45, 2.75) is 19.8 Å². The average Bonchev–Trinajstić information content (AvgIpc) is 2.76. The van der Waals surface area contributed by atoms with Crippen LogP contribution in [0.4, 0.5) is 0 Å². The molecule has 2 rings (SSSR count). The molecule has 1 amide bonds. The third-order valence-electron chi connectivity index (χ3n) is 3.21. The molecule has 0 unspecified atom stereocenters. The third-order valence-corrected chi connectivity index (χ3v) is 4.82. The fraction of sp³-hybridized carbons (Fsp3) is 0.500. The van der Waals surface area contributed by atoms with Gasteiger partial charge < -0.3 is 4.90 Å².